The van der Waals surface area contributed by atoms with Crippen LogP contribution < -0.4 is 22.5 Å². The smallest absolute Gasteiger partial charge is 0.332 e. The first-order chi connectivity index (χ1) is 15.7. The molecule has 0 saturated heterocycles. The van der Waals surface area contributed by atoms with E-state index in [9.17, 15) is 19.2 Å². The highest BCUT2D eigenvalue weighted by molar-refractivity contribution is 8.00. The van der Waals surface area contributed by atoms with Gasteiger partial charge in [0.1, 0.15) is 17.1 Å². The molecule has 4 aromatic rings. The second-order valence-corrected chi connectivity index (χ2v) is 8.78. The fourth-order valence-corrected chi connectivity index (χ4v) is 4.41. The average molecular weight is 468 g/mol. The van der Waals surface area contributed by atoms with E-state index in [4.69, 9.17) is 10.2 Å². The summed E-state index contributed by atoms with van der Waals surface area (Å²) in [6, 6.07) is 10.4. The Labute approximate surface area is 191 Å². The number of hydrogen-bond donors (Lipinski definition) is 1. The predicted molar refractivity (Wildman–Crippen MR) is 125 cm³/mol. The number of para-hydroxylation sites is 1. The van der Waals surface area contributed by atoms with E-state index >= 15 is 0 Å². The third-order valence-corrected chi connectivity index (χ3v) is 6.42. The number of ketones is 1. The first-order valence-electron chi connectivity index (χ1n) is 9.99. The maximum Gasteiger partial charge on any atom is 0.332 e. The summed E-state index contributed by atoms with van der Waals surface area (Å²) >= 11 is 1.03. The van der Waals surface area contributed by atoms with Crippen molar-refractivity contribution in [2.75, 3.05) is 5.73 Å². The molecule has 0 fully saturated rings. The summed E-state index contributed by atoms with van der Waals surface area (Å²) in [6.07, 6.45) is 1.51. The van der Waals surface area contributed by atoms with Crippen molar-refractivity contribution in [2.45, 2.75) is 23.9 Å². The number of nitrogen functional groups attached to an aromatic ring is 1. The van der Waals surface area contributed by atoms with Gasteiger partial charge in [0.15, 0.2) is 10.9 Å². The number of rotatable bonds is 6. The van der Waals surface area contributed by atoms with E-state index in [0.717, 1.165) is 20.9 Å². The zero-order chi connectivity index (χ0) is 23.9. The Morgan fingerprint density at radius 1 is 1.09 bits per heavy atom. The minimum Gasteiger partial charge on any atom is -0.467 e. The second kappa shape index (κ2) is 8.58. The number of furan rings is 1. The summed E-state index contributed by atoms with van der Waals surface area (Å²) in [7, 11) is 2.67. The van der Waals surface area contributed by atoms with Crippen molar-refractivity contribution in [1.29, 1.82) is 0 Å². The average Bonchev–Trinajstić information content (AvgIpc) is 3.32. The molecule has 0 aliphatic carbocycles. The van der Waals surface area contributed by atoms with Gasteiger partial charge in [0.05, 0.1) is 29.0 Å². The van der Waals surface area contributed by atoms with Gasteiger partial charge in [-0.1, -0.05) is 23.9 Å². The number of anilines is 1. The molecular formula is C22H21N5O5S. The third-order valence-electron chi connectivity index (χ3n) is 5.33. The van der Waals surface area contributed by atoms with E-state index in [1.54, 1.807) is 43.3 Å². The lowest BCUT2D eigenvalue weighted by atomic mass is 10.1. The number of aromatic nitrogens is 4. The normalized spacial score (nSPS) is 12.2. The lowest BCUT2D eigenvalue weighted by Gasteiger charge is -2.17. The molecule has 170 valence electrons. The molecule has 0 radical (unpaired) electrons. The van der Waals surface area contributed by atoms with Crippen LogP contribution in [0.2, 0.25) is 0 Å². The van der Waals surface area contributed by atoms with Gasteiger partial charge in [0.2, 0.25) is 0 Å². The molecule has 33 heavy (non-hydrogen) atoms. The van der Waals surface area contributed by atoms with Crippen LogP contribution in [-0.2, 0) is 20.6 Å². The molecule has 0 spiro atoms. The van der Waals surface area contributed by atoms with Crippen LogP contribution in [0.5, 0.6) is 0 Å². The van der Waals surface area contributed by atoms with Crippen molar-refractivity contribution in [3.63, 3.8) is 0 Å². The first-order valence-corrected chi connectivity index (χ1v) is 10.9. The van der Waals surface area contributed by atoms with E-state index in [1.165, 1.54) is 24.9 Å². The van der Waals surface area contributed by atoms with Gasteiger partial charge in [0, 0.05) is 14.1 Å². The molecular weight excluding hydrogens is 446 g/mol. The molecule has 4 rings (SSSR count). The summed E-state index contributed by atoms with van der Waals surface area (Å²) < 4.78 is 8.71. The number of hydrogen-bond acceptors (Lipinski definition) is 8. The molecule has 3 aromatic heterocycles. The Balaban J connectivity index is 1.79. The summed E-state index contributed by atoms with van der Waals surface area (Å²) in [5, 5.41) is -0.104. The van der Waals surface area contributed by atoms with Gasteiger partial charge in [-0.2, -0.15) is 0 Å². The molecule has 0 amide bonds. The van der Waals surface area contributed by atoms with E-state index in [0.29, 0.717) is 16.7 Å². The van der Waals surface area contributed by atoms with E-state index in [-0.39, 0.29) is 28.6 Å². The zero-order valence-corrected chi connectivity index (χ0v) is 19.0. The van der Waals surface area contributed by atoms with Crippen molar-refractivity contribution < 1.29 is 9.21 Å². The molecule has 3 heterocycles. The molecule has 0 aliphatic rings. The second-order valence-electron chi connectivity index (χ2n) is 7.47. The standard InChI is InChI=1S/C22H21N5O5S/c1-12(17(28)16-18(23)25(2)22(31)26(3)20(16)30)33-21-24-15-9-5-4-8-14(15)19(29)27(21)11-13-7-6-10-32-13/h4-10,12H,11,23H2,1-3H3. The number of thioether (sulfide) groups is 1. The lowest BCUT2D eigenvalue weighted by molar-refractivity contribution is 0.0992. The molecule has 10 nitrogen and oxygen atoms in total. The van der Waals surface area contributed by atoms with Crippen molar-refractivity contribution in [2.24, 2.45) is 14.1 Å². The topological polar surface area (TPSA) is 135 Å². The van der Waals surface area contributed by atoms with Gasteiger partial charge >= 0.3 is 5.69 Å². The molecule has 2 N–H and O–H groups in total. The number of carbonyl (C=O) groups is 1. The highest BCUT2D eigenvalue weighted by Crippen LogP contribution is 2.26. The fraction of sp³-hybridized carbons (Fsp3) is 0.227. The zero-order valence-electron chi connectivity index (χ0n) is 18.1. The van der Waals surface area contributed by atoms with E-state index < -0.39 is 22.3 Å². The summed E-state index contributed by atoms with van der Waals surface area (Å²) in [4.78, 5) is 55.7. The number of fused-ring (bicyclic) bond motifs is 1. The Kier molecular flexibility index (Phi) is 5.81. The lowest BCUT2D eigenvalue weighted by Crippen LogP contribution is -2.42. The van der Waals surface area contributed by atoms with Crippen LogP contribution in [0.1, 0.15) is 23.0 Å². The number of benzene rings is 1. The highest BCUT2D eigenvalue weighted by Gasteiger charge is 2.27. The Morgan fingerprint density at radius 2 is 1.82 bits per heavy atom. The van der Waals surface area contributed by atoms with Gasteiger partial charge in [-0.05, 0) is 31.2 Å². The minimum absolute atomic E-state index is 0.122. The molecule has 0 bridgehead atoms. The molecule has 1 atom stereocenters. The maximum atomic E-state index is 13.2. The minimum atomic E-state index is -0.826. The van der Waals surface area contributed by atoms with Gasteiger partial charge < -0.3 is 10.2 Å². The summed E-state index contributed by atoms with van der Waals surface area (Å²) in [5.74, 6) is -0.230. The first kappa shape index (κ1) is 22.3. The fourth-order valence-electron chi connectivity index (χ4n) is 3.44. The van der Waals surface area contributed by atoms with Crippen LogP contribution in [0.4, 0.5) is 5.82 Å². The van der Waals surface area contributed by atoms with Crippen LogP contribution in [0, 0.1) is 0 Å². The Bertz CT molecular complexity index is 1550. The SMILES string of the molecule is CC(Sc1nc2ccccc2c(=O)n1Cc1ccco1)C(=O)c1c(N)n(C)c(=O)n(C)c1=O. The molecule has 11 heteroatoms. The molecule has 1 unspecified atom stereocenters. The van der Waals surface area contributed by atoms with Crippen molar-refractivity contribution >= 4 is 34.3 Å². The number of nitrogens with two attached hydrogens (primary N) is 1. The number of carbonyl (C=O) groups excluding carboxylic acids is 1. The Morgan fingerprint density at radius 3 is 2.52 bits per heavy atom. The Hall–Kier alpha value is -3.86. The summed E-state index contributed by atoms with van der Waals surface area (Å²) in [6.45, 7) is 1.71. The van der Waals surface area contributed by atoms with Crippen LogP contribution in [0.15, 0.2) is 66.6 Å². The van der Waals surface area contributed by atoms with Crippen LogP contribution in [0.3, 0.4) is 0 Å². The largest absolute Gasteiger partial charge is 0.467 e. The van der Waals surface area contributed by atoms with Crippen molar-refractivity contribution in [3.05, 3.63) is 85.2 Å². The highest BCUT2D eigenvalue weighted by atomic mass is 32.2. The number of Topliss-reactive ketones (excluding diaryl/α,β-unsaturated/α-hetero) is 1. The van der Waals surface area contributed by atoms with Crippen LogP contribution >= 0.6 is 11.8 Å². The van der Waals surface area contributed by atoms with Crippen LogP contribution in [-0.4, -0.2) is 29.7 Å². The predicted octanol–water partition coefficient (Wildman–Crippen LogP) is 1.38. The molecule has 0 aliphatic heterocycles. The van der Waals surface area contributed by atoms with Crippen molar-refractivity contribution in [3.8, 4) is 0 Å². The molecule has 0 saturated carbocycles. The number of nitrogens with zero attached hydrogens (tertiary/aromatic N) is 4. The van der Waals surface area contributed by atoms with Gasteiger partial charge in [-0.25, -0.2) is 9.78 Å². The van der Waals surface area contributed by atoms with Gasteiger partial charge in [-0.3, -0.25) is 28.1 Å². The van der Waals surface area contributed by atoms with Gasteiger partial charge in [-0.15, -0.1) is 0 Å². The van der Waals surface area contributed by atoms with Crippen LogP contribution in [0.25, 0.3) is 10.9 Å². The van der Waals surface area contributed by atoms with E-state index in [2.05, 4.69) is 4.98 Å². The third kappa shape index (κ3) is 3.91. The van der Waals surface area contributed by atoms with Gasteiger partial charge in [0.25, 0.3) is 11.1 Å². The summed E-state index contributed by atoms with van der Waals surface area (Å²) in [5.41, 5.74) is 4.47. The maximum absolute atomic E-state index is 13.2. The van der Waals surface area contributed by atoms with Crippen molar-refractivity contribution in [1.82, 2.24) is 18.7 Å². The molecule has 1 aromatic carbocycles. The van der Waals surface area contributed by atoms with E-state index in [1.807, 2.05) is 0 Å². The quantitative estimate of drug-likeness (QED) is 0.255. The monoisotopic (exact) mass is 467 g/mol.